The van der Waals surface area contributed by atoms with Gasteiger partial charge >= 0.3 is 12.2 Å². The highest BCUT2D eigenvalue weighted by atomic mass is 32.1. The molecule has 7 heteroatoms. The van der Waals surface area contributed by atoms with Crippen LogP contribution in [0.2, 0.25) is 0 Å². The van der Waals surface area contributed by atoms with Gasteiger partial charge in [0.25, 0.3) is 0 Å². The van der Waals surface area contributed by atoms with Gasteiger partial charge in [-0.3, -0.25) is 0 Å². The van der Waals surface area contributed by atoms with Crippen LogP contribution in [0.4, 0.5) is 9.59 Å². The van der Waals surface area contributed by atoms with Crippen LogP contribution in [-0.2, 0) is 9.47 Å². The van der Waals surface area contributed by atoms with Gasteiger partial charge in [-0.25, -0.2) is 9.59 Å². The summed E-state index contributed by atoms with van der Waals surface area (Å²) in [5, 5.41) is 0.108. The second-order valence-electron chi connectivity index (χ2n) is 5.15. The molecule has 0 bridgehead atoms. The Morgan fingerprint density at radius 2 is 1.96 bits per heavy atom. The summed E-state index contributed by atoms with van der Waals surface area (Å²) in [7, 11) is 1.64. The second kappa shape index (κ2) is 9.99. The molecule has 2 atom stereocenters. The number of likely N-dealkylation sites (tertiary alicyclic amines) is 1. The standard InChI is InChI=1S/C16H24N2O4S/c1-4-9-21-15(19)17(3)8-6-7-13-11-14(23)12-18(13)16(20)22-10-5-2/h4-7,13-14,23H,1-2,8-12H2,3H3/t13-,14+/m1/s1. The molecular formula is C16H24N2O4S. The van der Waals surface area contributed by atoms with Crippen LogP contribution >= 0.6 is 12.6 Å². The van der Waals surface area contributed by atoms with E-state index in [4.69, 9.17) is 9.47 Å². The first-order chi connectivity index (χ1) is 11.0. The van der Waals surface area contributed by atoms with Crippen molar-refractivity contribution in [2.75, 3.05) is 33.4 Å². The fourth-order valence-corrected chi connectivity index (χ4v) is 2.53. The van der Waals surface area contributed by atoms with E-state index in [1.807, 2.05) is 12.2 Å². The average molecular weight is 340 g/mol. The molecular weight excluding hydrogens is 316 g/mol. The van der Waals surface area contributed by atoms with Crippen LogP contribution in [-0.4, -0.2) is 66.6 Å². The number of likely N-dealkylation sites (N-methyl/N-ethyl adjacent to an activating group) is 1. The largest absolute Gasteiger partial charge is 0.445 e. The minimum absolute atomic E-state index is 0.0904. The zero-order valence-corrected chi connectivity index (χ0v) is 14.3. The van der Waals surface area contributed by atoms with Crippen molar-refractivity contribution in [2.45, 2.75) is 17.7 Å². The van der Waals surface area contributed by atoms with Crippen LogP contribution in [0, 0.1) is 0 Å². The van der Waals surface area contributed by atoms with Crippen LogP contribution < -0.4 is 0 Å². The molecule has 0 saturated carbocycles. The van der Waals surface area contributed by atoms with Crippen molar-refractivity contribution >= 4 is 24.8 Å². The lowest BCUT2D eigenvalue weighted by molar-refractivity contribution is 0.113. The first-order valence-electron chi connectivity index (χ1n) is 7.37. The third-order valence-electron chi connectivity index (χ3n) is 3.25. The van der Waals surface area contributed by atoms with Crippen molar-refractivity contribution in [2.24, 2.45) is 0 Å². The van der Waals surface area contributed by atoms with E-state index in [0.717, 1.165) is 6.42 Å². The van der Waals surface area contributed by atoms with Gasteiger partial charge in [-0.2, -0.15) is 12.6 Å². The quantitative estimate of drug-likeness (QED) is 0.571. The van der Waals surface area contributed by atoms with E-state index in [9.17, 15) is 9.59 Å². The third-order valence-corrected chi connectivity index (χ3v) is 3.63. The molecule has 0 aromatic heterocycles. The molecule has 1 aliphatic rings. The lowest BCUT2D eigenvalue weighted by Crippen LogP contribution is -2.35. The Hall–Kier alpha value is -1.89. The zero-order valence-electron chi connectivity index (χ0n) is 13.4. The SMILES string of the molecule is C=CCOC(=O)N(C)CC=C[C@@H]1C[C@H](S)CN1C(=O)OCC=C. The molecule has 0 aliphatic carbocycles. The van der Waals surface area contributed by atoms with E-state index in [1.165, 1.54) is 17.1 Å². The number of carbonyl (C=O) groups is 2. The highest BCUT2D eigenvalue weighted by Gasteiger charge is 2.32. The summed E-state index contributed by atoms with van der Waals surface area (Å²) in [6.45, 7) is 8.29. The van der Waals surface area contributed by atoms with Crippen molar-refractivity contribution in [1.29, 1.82) is 0 Å². The fourth-order valence-electron chi connectivity index (χ4n) is 2.14. The predicted molar refractivity (Wildman–Crippen MR) is 92.7 cm³/mol. The molecule has 0 aromatic rings. The maximum Gasteiger partial charge on any atom is 0.410 e. The lowest BCUT2D eigenvalue weighted by atomic mass is 10.2. The summed E-state index contributed by atoms with van der Waals surface area (Å²) in [6, 6.07) is -0.0904. The molecule has 2 amide bonds. The Morgan fingerprint density at radius 1 is 1.30 bits per heavy atom. The number of thiol groups is 1. The zero-order chi connectivity index (χ0) is 17.2. The molecule has 23 heavy (non-hydrogen) atoms. The first-order valence-corrected chi connectivity index (χ1v) is 7.89. The molecule has 0 N–H and O–H groups in total. The second-order valence-corrected chi connectivity index (χ2v) is 5.88. The summed E-state index contributed by atoms with van der Waals surface area (Å²) in [5.41, 5.74) is 0. The van der Waals surface area contributed by atoms with Crippen LogP contribution in [0.5, 0.6) is 0 Å². The molecule has 0 unspecified atom stereocenters. The first kappa shape index (κ1) is 19.2. The van der Waals surface area contributed by atoms with Crippen molar-refractivity contribution in [1.82, 2.24) is 9.80 Å². The molecule has 128 valence electrons. The van der Waals surface area contributed by atoms with Crippen LogP contribution in [0.25, 0.3) is 0 Å². The Morgan fingerprint density at radius 3 is 2.61 bits per heavy atom. The topological polar surface area (TPSA) is 59.1 Å². The molecule has 0 spiro atoms. The molecule has 1 rings (SSSR count). The highest BCUT2D eigenvalue weighted by Crippen LogP contribution is 2.23. The Balaban J connectivity index is 2.52. The maximum absolute atomic E-state index is 12.0. The molecule has 0 radical (unpaired) electrons. The fraction of sp³-hybridized carbons (Fsp3) is 0.500. The van der Waals surface area contributed by atoms with Crippen molar-refractivity contribution < 1.29 is 19.1 Å². The molecule has 1 heterocycles. The molecule has 0 aromatic carbocycles. The predicted octanol–water partition coefficient (Wildman–Crippen LogP) is 2.49. The van der Waals surface area contributed by atoms with Gasteiger partial charge in [-0.1, -0.05) is 37.5 Å². The van der Waals surface area contributed by atoms with Crippen molar-refractivity contribution in [3.63, 3.8) is 0 Å². The third kappa shape index (κ3) is 6.40. The lowest BCUT2D eigenvalue weighted by Gasteiger charge is -2.21. The van der Waals surface area contributed by atoms with Gasteiger partial charge in [0.05, 0.1) is 6.04 Å². The normalized spacial score (nSPS) is 20.3. The monoisotopic (exact) mass is 340 g/mol. The van der Waals surface area contributed by atoms with E-state index >= 15 is 0 Å². The molecule has 1 fully saturated rings. The highest BCUT2D eigenvalue weighted by molar-refractivity contribution is 7.81. The Bertz CT molecular complexity index is 467. The minimum Gasteiger partial charge on any atom is -0.445 e. The van der Waals surface area contributed by atoms with Gasteiger partial charge in [0.2, 0.25) is 0 Å². The van der Waals surface area contributed by atoms with E-state index in [1.54, 1.807) is 11.9 Å². The Kier molecular flexibility index (Phi) is 8.32. The van der Waals surface area contributed by atoms with E-state index in [0.29, 0.717) is 13.1 Å². The van der Waals surface area contributed by atoms with Gasteiger partial charge in [-0.05, 0) is 6.42 Å². The molecule has 1 aliphatic heterocycles. The van der Waals surface area contributed by atoms with Gasteiger partial charge < -0.3 is 19.3 Å². The number of carbonyl (C=O) groups excluding carboxylic acids is 2. The summed E-state index contributed by atoms with van der Waals surface area (Å²) in [6.07, 6.45) is 6.71. The number of hydrogen-bond donors (Lipinski definition) is 1. The van der Waals surface area contributed by atoms with Crippen molar-refractivity contribution in [3.8, 4) is 0 Å². The number of hydrogen-bond acceptors (Lipinski definition) is 5. The number of amides is 2. The van der Waals surface area contributed by atoms with Crippen molar-refractivity contribution in [3.05, 3.63) is 37.5 Å². The average Bonchev–Trinajstić information content (AvgIpc) is 2.90. The van der Waals surface area contributed by atoms with Gasteiger partial charge in [0, 0.05) is 25.4 Å². The minimum atomic E-state index is -0.421. The smallest absolute Gasteiger partial charge is 0.410 e. The van der Waals surface area contributed by atoms with E-state index in [-0.39, 0.29) is 30.6 Å². The molecule has 6 nitrogen and oxygen atoms in total. The maximum atomic E-state index is 12.0. The van der Waals surface area contributed by atoms with E-state index < -0.39 is 6.09 Å². The Labute approximate surface area is 142 Å². The van der Waals surface area contributed by atoms with Crippen LogP contribution in [0.3, 0.4) is 0 Å². The number of nitrogens with zero attached hydrogens (tertiary/aromatic N) is 2. The van der Waals surface area contributed by atoms with Gasteiger partial charge in [0.15, 0.2) is 0 Å². The van der Waals surface area contributed by atoms with Gasteiger partial charge in [-0.15, -0.1) is 0 Å². The summed E-state index contributed by atoms with van der Waals surface area (Å²) in [5.74, 6) is 0. The van der Waals surface area contributed by atoms with E-state index in [2.05, 4.69) is 25.8 Å². The van der Waals surface area contributed by atoms with Crippen LogP contribution in [0.15, 0.2) is 37.5 Å². The summed E-state index contributed by atoms with van der Waals surface area (Å²) in [4.78, 5) is 26.6. The van der Waals surface area contributed by atoms with Gasteiger partial charge in [0.1, 0.15) is 13.2 Å². The summed E-state index contributed by atoms with van der Waals surface area (Å²) >= 11 is 4.43. The number of ether oxygens (including phenoxy) is 2. The number of rotatable bonds is 7. The van der Waals surface area contributed by atoms with Crippen LogP contribution in [0.1, 0.15) is 6.42 Å². The molecule has 1 saturated heterocycles. The summed E-state index contributed by atoms with van der Waals surface area (Å²) < 4.78 is 10.00.